The second-order valence-corrected chi connectivity index (χ2v) is 11.1. The lowest BCUT2D eigenvalue weighted by molar-refractivity contribution is -0.150. The zero-order chi connectivity index (χ0) is 24.2. The quantitative estimate of drug-likeness (QED) is 0.470. The van der Waals surface area contributed by atoms with Crippen LogP contribution in [0.1, 0.15) is 61.7 Å². The molecule has 3 heterocycles. The Kier molecular flexibility index (Phi) is 5.35. The zero-order valence-corrected chi connectivity index (χ0v) is 21.1. The number of anilines is 1. The largest absolute Gasteiger partial charge is 0.467 e. The topological polar surface area (TPSA) is 120 Å². The lowest BCUT2D eigenvalue weighted by Crippen LogP contribution is -2.60. The number of furan rings is 1. The van der Waals surface area contributed by atoms with Gasteiger partial charge < -0.3 is 15.1 Å². The molecule has 0 radical (unpaired) electrons. The Bertz CT molecular complexity index is 1250. The van der Waals surface area contributed by atoms with Crippen molar-refractivity contribution >= 4 is 33.4 Å². The minimum Gasteiger partial charge on any atom is -0.467 e. The van der Waals surface area contributed by atoms with Gasteiger partial charge in [-0.05, 0) is 85.3 Å². The molecule has 2 atom stereocenters. The Labute approximate surface area is 211 Å². The molecule has 2 N–H and O–H groups in total. The molecule has 2 amide bonds. The molecule has 0 saturated heterocycles. The molecule has 0 spiro atoms. The van der Waals surface area contributed by atoms with Gasteiger partial charge in [-0.25, -0.2) is 9.67 Å². The molecule has 4 fully saturated rings. The maximum Gasteiger partial charge on any atom is 0.274 e. The highest BCUT2D eigenvalue weighted by Gasteiger charge is 2.61. The van der Waals surface area contributed by atoms with E-state index in [-0.39, 0.29) is 29.6 Å². The van der Waals surface area contributed by atoms with E-state index in [0.717, 1.165) is 32.1 Å². The number of aromatic nitrogens is 5. The van der Waals surface area contributed by atoms with Gasteiger partial charge in [0.2, 0.25) is 10.6 Å². The predicted molar refractivity (Wildman–Crippen MR) is 129 cm³/mol. The first-order valence-corrected chi connectivity index (χ1v) is 12.9. The fourth-order valence-corrected chi connectivity index (χ4v) is 7.24. The molecule has 2 unspecified atom stereocenters. The number of hydrogen-bond donors (Lipinski definition) is 2. The van der Waals surface area contributed by atoms with Crippen LogP contribution in [0.5, 0.6) is 0 Å². The van der Waals surface area contributed by atoms with Gasteiger partial charge in [-0.15, -0.1) is 5.10 Å². The Balaban J connectivity index is 1.25. The van der Waals surface area contributed by atoms with Crippen molar-refractivity contribution in [1.29, 1.82) is 0 Å². The van der Waals surface area contributed by atoms with Crippen LogP contribution in [0, 0.1) is 17.3 Å². The van der Waals surface area contributed by atoms with Gasteiger partial charge in [0.05, 0.1) is 29.4 Å². The molecule has 3 aromatic heterocycles. The van der Waals surface area contributed by atoms with E-state index in [1.54, 1.807) is 35.6 Å². The minimum absolute atomic E-state index is 0.0223. The highest BCUT2D eigenvalue weighted by Crippen LogP contribution is 2.64. The van der Waals surface area contributed by atoms with Crippen LogP contribution in [0.4, 0.5) is 5.69 Å². The minimum atomic E-state index is -0.487. The maximum absolute atomic E-state index is 13.9. The number of nitrogens with zero attached hydrogens (tertiary/aromatic N) is 5. The number of nitrogens with one attached hydrogen (secondary N) is 2. The molecular weight excluding hydrogens is 514 g/mol. The Morgan fingerprint density at radius 1 is 1.23 bits per heavy atom. The molecule has 11 heteroatoms. The standard InChI is InChI=1S/C24H28BrN7O3/c1-2-31-12-18(19(29-31)20(33)26-11-17-4-3-5-35-17)28-21(34)23-7-15-6-16(8-23)10-24(9-15,13-23)32-14-27-22(25)30-32/h3-5,12,14-16H,2,6-11,13H2,1H3,(H,26,33)(H,28,34). The number of amides is 2. The Morgan fingerprint density at radius 2 is 2.03 bits per heavy atom. The number of aryl methyl sites for hydroxylation is 1. The van der Waals surface area contributed by atoms with Crippen LogP contribution in [-0.4, -0.2) is 36.4 Å². The molecule has 4 saturated carbocycles. The first-order valence-electron chi connectivity index (χ1n) is 12.2. The second-order valence-electron chi connectivity index (χ2n) is 10.4. The summed E-state index contributed by atoms with van der Waals surface area (Å²) >= 11 is 3.38. The fourth-order valence-electron chi connectivity index (χ4n) is 6.98. The summed E-state index contributed by atoms with van der Waals surface area (Å²) in [5.41, 5.74) is -0.00996. The molecule has 10 nitrogen and oxygen atoms in total. The third-order valence-corrected chi connectivity index (χ3v) is 8.38. The fraction of sp³-hybridized carbons (Fsp3) is 0.542. The highest BCUT2D eigenvalue weighted by atomic mass is 79.9. The van der Waals surface area contributed by atoms with Crippen molar-refractivity contribution in [2.75, 3.05) is 5.32 Å². The van der Waals surface area contributed by atoms with Gasteiger partial charge in [-0.2, -0.15) is 5.10 Å². The third kappa shape index (κ3) is 3.89. The average molecular weight is 542 g/mol. The summed E-state index contributed by atoms with van der Waals surface area (Å²) < 4.78 is 9.53. The van der Waals surface area contributed by atoms with Crippen LogP contribution in [-0.2, 0) is 23.4 Å². The van der Waals surface area contributed by atoms with E-state index in [9.17, 15) is 9.59 Å². The predicted octanol–water partition coefficient (Wildman–Crippen LogP) is 3.71. The van der Waals surface area contributed by atoms with Gasteiger partial charge in [0, 0.05) is 12.7 Å². The number of hydrogen-bond acceptors (Lipinski definition) is 6. The second kappa shape index (κ2) is 8.32. The van der Waals surface area contributed by atoms with E-state index in [2.05, 4.69) is 41.7 Å². The number of carbonyl (C=O) groups excluding carboxylic acids is 2. The lowest BCUT2D eigenvalue weighted by atomic mass is 9.46. The van der Waals surface area contributed by atoms with E-state index >= 15 is 0 Å². The normalized spacial score (nSPS) is 28.9. The van der Waals surface area contributed by atoms with Crippen LogP contribution in [0.2, 0.25) is 0 Å². The zero-order valence-electron chi connectivity index (χ0n) is 19.5. The summed E-state index contributed by atoms with van der Waals surface area (Å²) in [6.45, 7) is 2.79. The molecular formula is C24H28BrN7O3. The Hall–Kier alpha value is -2.95. The number of carbonyl (C=O) groups is 2. The van der Waals surface area contributed by atoms with Crippen LogP contribution < -0.4 is 10.6 Å². The summed E-state index contributed by atoms with van der Waals surface area (Å²) in [5.74, 6) is 1.25. The van der Waals surface area contributed by atoms with Crippen molar-refractivity contribution in [3.63, 3.8) is 0 Å². The SMILES string of the molecule is CCn1cc(NC(=O)C23CC4CC(C2)CC(n2cnc(Br)n2)(C4)C3)c(C(=O)NCc2ccco2)n1. The molecule has 7 rings (SSSR count). The number of halogens is 1. The maximum atomic E-state index is 13.9. The molecule has 4 aliphatic rings. The van der Waals surface area contributed by atoms with Crippen molar-refractivity contribution in [2.24, 2.45) is 17.3 Å². The van der Waals surface area contributed by atoms with E-state index in [4.69, 9.17) is 4.42 Å². The smallest absolute Gasteiger partial charge is 0.274 e. The van der Waals surface area contributed by atoms with Gasteiger partial charge >= 0.3 is 0 Å². The first-order chi connectivity index (χ1) is 16.9. The van der Waals surface area contributed by atoms with Gasteiger partial charge in [0.15, 0.2) is 5.69 Å². The first kappa shape index (κ1) is 22.5. The molecule has 4 bridgehead atoms. The molecule has 184 valence electrons. The average Bonchev–Trinajstić information content (AvgIpc) is 3.58. The van der Waals surface area contributed by atoms with Crippen molar-refractivity contribution in [3.05, 3.63) is 47.1 Å². The van der Waals surface area contributed by atoms with Crippen LogP contribution in [0.25, 0.3) is 0 Å². The van der Waals surface area contributed by atoms with Crippen molar-refractivity contribution in [2.45, 2.75) is 64.1 Å². The molecule has 4 aliphatic carbocycles. The van der Waals surface area contributed by atoms with Crippen molar-refractivity contribution in [1.82, 2.24) is 29.9 Å². The molecule has 0 aliphatic heterocycles. The van der Waals surface area contributed by atoms with Gasteiger partial charge in [-0.3, -0.25) is 14.3 Å². The van der Waals surface area contributed by atoms with Crippen LogP contribution in [0.15, 0.2) is 40.1 Å². The van der Waals surface area contributed by atoms with E-state index < -0.39 is 5.41 Å². The molecule has 0 aromatic carbocycles. The highest BCUT2D eigenvalue weighted by molar-refractivity contribution is 9.10. The third-order valence-electron chi connectivity index (χ3n) is 8.01. The van der Waals surface area contributed by atoms with Crippen LogP contribution in [0.3, 0.4) is 0 Å². The number of rotatable bonds is 7. The van der Waals surface area contributed by atoms with Gasteiger partial charge in [0.1, 0.15) is 12.1 Å². The van der Waals surface area contributed by atoms with Crippen LogP contribution >= 0.6 is 15.9 Å². The van der Waals surface area contributed by atoms with Gasteiger partial charge in [-0.1, -0.05) is 0 Å². The lowest BCUT2D eigenvalue weighted by Gasteiger charge is -2.60. The van der Waals surface area contributed by atoms with E-state index in [1.807, 2.05) is 11.6 Å². The summed E-state index contributed by atoms with van der Waals surface area (Å²) in [5, 5.41) is 15.0. The summed E-state index contributed by atoms with van der Waals surface area (Å²) in [6.07, 6.45) is 10.8. The summed E-state index contributed by atoms with van der Waals surface area (Å²) in [4.78, 5) is 31.2. The Morgan fingerprint density at radius 3 is 2.69 bits per heavy atom. The van der Waals surface area contributed by atoms with Crippen molar-refractivity contribution in [3.8, 4) is 0 Å². The van der Waals surface area contributed by atoms with E-state index in [0.29, 0.717) is 34.6 Å². The monoisotopic (exact) mass is 541 g/mol. The molecule has 3 aromatic rings. The van der Waals surface area contributed by atoms with E-state index in [1.165, 1.54) is 6.42 Å². The summed E-state index contributed by atoms with van der Waals surface area (Å²) in [7, 11) is 0. The van der Waals surface area contributed by atoms with Crippen molar-refractivity contribution < 1.29 is 14.0 Å². The van der Waals surface area contributed by atoms with Gasteiger partial charge in [0.25, 0.3) is 5.91 Å². The molecule has 35 heavy (non-hydrogen) atoms. The summed E-state index contributed by atoms with van der Waals surface area (Å²) in [6, 6.07) is 3.57.